The topological polar surface area (TPSA) is 9.23 Å². The summed E-state index contributed by atoms with van der Waals surface area (Å²) >= 11 is 0. The Kier molecular flexibility index (Phi) is 2.46. The summed E-state index contributed by atoms with van der Waals surface area (Å²) in [7, 11) is 0. The van der Waals surface area contributed by atoms with Crippen LogP contribution in [-0.2, 0) is 4.74 Å². The van der Waals surface area contributed by atoms with Crippen molar-refractivity contribution < 1.29 is 9.13 Å². The van der Waals surface area contributed by atoms with Gasteiger partial charge in [-0.1, -0.05) is 6.92 Å². The van der Waals surface area contributed by atoms with Gasteiger partial charge in [-0.15, -0.1) is 0 Å². The summed E-state index contributed by atoms with van der Waals surface area (Å²) in [5.41, 5.74) is 0. The van der Waals surface area contributed by atoms with Gasteiger partial charge in [0, 0.05) is 18.9 Å². The lowest BCUT2D eigenvalue weighted by Crippen LogP contribution is -2.27. The number of alkyl halides is 1. The van der Waals surface area contributed by atoms with Crippen LogP contribution in [0.15, 0.2) is 0 Å². The molecule has 1 aliphatic heterocycles. The van der Waals surface area contributed by atoms with Gasteiger partial charge < -0.3 is 4.74 Å². The van der Waals surface area contributed by atoms with Crippen molar-refractivity contribution in [3.8, 4) is 0 Å². The molecule has 1 nitrogen and oxygen atoms in total. The highest BCUT2D eigenvalue weighted by Crippen LogP contribution is 2.20. The van der Waals surface area contributed by atoms with Crippen LogP contribution in [0.1, 0.15) is 19.8 Å². The SMILES string of the molecule is CCC1COCCC1F. The number of halogens is 1. The van der Waals surface area contributed by atoms with Gasteiger partial charge in [-0.3, -0.25) is 0 Å². The van der Waals surface area contributed by atoms with Crippen LogP contribution in [-0.4, -0.2) is 19.4 Å². The number of hydrogen-bond acceptors (Lipinski definition) is 1. The summed E-state index contributed by atoms with van der Waals surface area (Å²) in [6.07, 6.45) is 0.892. The maximum Gasteiger partial charge on any atom is 0.107 e. The highest BCUT2D eigenvalue weighted by atomic mass is 19.1. The summed E-state index contributed by atoms with van der Waals surface area (Å²) in [6.45, 7) is 3.24. The molecule has 0 aromatic rings. The van der Waals surface area contributed by atoms with Crippen molar-refractivity contribution >= 4 is 0 Å². The number of hydrogen-bond donors (Lipinski definition) is 0. The van der Waals surface area contributed by atoms with Crippen LogP contribution in [0.5, 0.6) is 0 Å². The van der Waals surface area contributed by atoms with E-state index in [1.165, 1.54) is 0 Å². The van der Waals surface area contributed by atoms with Crippen molar-refractivity contribution in [2.75, 3.05) is 13.2 Å². The van der Waals surface area contributed by atoms with E-state index < -0.39 is 6.17 Å². The molecule has 0 spiro atoms. The molecule has 2 heteroatoms. The normalized spacial score (nSPS) is 36.7. The van der Waals surface area contributed by atoms with Gasteiger partial charge in [-0.05, 0) is 6.42 Å². The van der Waals surface area contributed by atoms with Crippen LogP contribution in [0.4, 0.5) is 4.39 Å². The molecular weight excluding hydrogens is 119 g/mol. The summed E-state index contributed by atoms with van der Waals surface area (Å²) in [6, 6.07) is 0. The predicted molar refractivity (Wildman–Crippen MR) is 34.1 cm³/mol. The first-order valence-electron chi connectivity index (χ1n) is 3.56. The van der Waals surface area contributed by atoms with Gasteiger partial charge in [0.1, 0.15) is 6.17 Å². The van der Waals surface area contributed by atoms with Crippen LogP contribution in [0.3, 0.4) is 0 Å². The second kappa shape index (κ2) is 3.16. The molecule has 0 aromatic heterocycles. The van der Waals surface area contributed by atoms with Crippen molar-refractivity contribution in [3.63, 3.8) is 0 Å². The Labute approximate surface area is 55.2 Å². The predicted octanol–water partition coefficient (Wildman–Crippen LogP) is 1.77. The Morgan fingerprint density at radius 2 is 2.44 bits per heavy atom. The summed E-state index contributed by atoms with van der Waals surface area (Å²) < 4.78 is 17.9. The minimum Gasteiger partial charge on any atom is -0.381 e. The van der Waals surface area contributed by atoms with E-state index in [1.807, 2.05) is 6.92 Å². The first-order valence-corrected chi connectivity index (χ1v) is 3.56. The Hall–Kier alpha value is -0.110. The Morgan fingerprint density at radius 1 is 1.67 bits per heavy atom. The third-order valence-corrected chi connectivity index (χ3v) is 1.91. The van der Waals surface area contributed by atoms with E-state index in [4.69, 9.17) is 4.74 Å². The van der Waals surface area contributed by atoms with Gasteiger partial charge >= 0.3 is 0 Å². The molecule has 0 aromatic carbocycles. The molecule has 0 bridgehead atoms. The molecule has 1 fully saturated rings. The van der Waals surface area contributed by atoms with E-state index in [2.05, 4.69) is 0 Å². The molecular formula is C7H13FO. The largest absolute Gasteiger partial charge is 0.381 e. The Balaban J connectivity index is 2.30. The van der Waals surface area contributed by atoms with Gasteiger partial charge in [0.15, 0.2) is 0 Å². The van der Waals surface area contributed by atoms with Crippen molar-refractivity contribution in [1.29, 1.82) is 0 Å². The standard InChI is InChI=1S/C7H13FO/c1-2-6-5-9-4-3-7(6)8/h6-7H,2-5H2,1H3. The fourth-order valence-corrected chi connectivity index (χ4v) is 1.14. The third kappa shape index (κ3) is 1.65. The molecule has 54 valence electrons. The second-order valence-electron chi connectivity index (χ2n) is 2.55. The van der Waals surface area contributed by atoms with Gasteiger partial charge in [-0.25, -0.2) is 4.39 Å². The van der Waals surface area contributed by atoms with E-state index >= 15 is 0 Å². The molecule has 1 aliphatic rings. The molecule has 1 rings (SSSR count). The summed E-state index contributed by atoms with van der Waals surface area (Å²) in [5, 5.41) is 0. The zero-order valence-corrected chi connectivity index (χ0v) is 5.77. The molecule has 2 unspecified atom stereocenters. The van der Waals surface area contributed by atoms with Crippen molar-refractivity contribution in [2.24, 2.45) is 5.92 Å². The zero-order valence-electron chi connectivity index (χ0n) is 5.77. The van der Waals surface area contributed by atoms with E-state index in [-0.39, 0.29) is 5.92 Å². The molecule has 0 aliphatic carbocycles. The lowest BCUT2D eigenvalue weighted by Gasteiger charge is -2.24. The lowest BCUT2D eigenvalue weighted by molar-refractivity contribution is 0.000628. The van der Waals surface area contributed by atoms with Crippen molar-refractivity contribution in [2.45, 2.75) is 25.9 Å². The van der Waals surface area contributed by atoms with Crippen LogP contribution >= 0.6 is 0 Å². The molecule has 1 heterocycles. The van der Waals surface area contributed by atoms with E-state index in [1.54, 1.807) is 0 Å². The molecule has 0 radical (unpaired) electrons. The Morgan fingerprint density at radius 3 is 2.89 bits per heavy atom. The maximum atomic E-state index is 12.8. The van der Waals surface area contributed by atoms with E-state index in [0.29, 0.717) is 19.6 Å². The molecule has 9 heavy (non-hydrogen) atoms. The minimum absolute atomic E-state index is 0.166. The number of rotatable bonds is 1. The van der Waals surface area contributed by atoms with Crippen molar-refractivity contribution in [3.05, 3.63) is 0 Å². The smallest absolute Gasteiger partial charge is 0.107 e. The van der Waals surface area contributed by atoms with Crippen LogP contribution < -0.4 is 0 Å². The first kappa shape index (κ1) is 7.00. The molecule has 0 amide bonds. The van der Waals surface area contributed by atoms with Crippen LogP contribution in [0.25, 0.3) is 0 Å². The average Bonchev–Trinajstić information content (AvgIpc) is 1.89. The molecule has 2 atom stereocenters. The molecule has 0 N–H and O–H groups in total. The van der Waals surface area contributed by atoms with Gasteiger partial charge in [0.05, 0.1) is 6.61 Å². The summed E-state index contributed by atoms with van der Waals surface area (Å²) in [5.74, 6) is 0.166. The average molecular weight is 132 g/mol. The van der Waals surface area contributed by atoms with Gasteiger partial charge in [-0.2, -0.15) is 0 Å². The van der Waals surface area contributed by atoms with E-state index in [0.717, 1.165) is 6.42 Å². The summed E-state index contributed by atoms with van der Waals surface area (Å²) in [4.78, 5) is 0. The van der Waals surface area contributed by atoms with Gasteiger partial charge in [0.25, 0.3) is 0 Å². The third-order valence-electron chi connectivity index (χ3n) is 1.91. The quantitative estimate of drug-likeness (QED) is 0.528. The van der Waals surface area contributed by atoms with Gasteiger partial charge in [0.2, 0.25) is 0 Å². The van der Waals surface area contributed by atoms with Crippen LogP contribution in [0, 0.1) is 5.92 Å². The highest BCUT2D eigenvalue weighted by Gasteiger charge is 2.22. The highest BCUT2D eigenvalue weighted by molar-refractivity contribution is 4.70. The fourth-order valence-electron chi connectivity index (χ4n) is 1.14. The molecule has 1 saturated heterocycles. The fraction of sp³-hybridized carbons (Fsp3) is 1.00. The first-order chi connectivity index (χ1) is 4.34. The maximum absolute atomic E-state index is 12.8. The monoisotopic (exact) mass is 132 g/mol. The minimum atomic E-state index is -0.608. The lowest BCUT2D eigenvalue weighted by atomic mass is 9.98. The molecule has 0 saturated carbocycles. The van der Waals surface area contributed by atoms with Crippen LogP contribution in [0.2, 0.25) is 0 Å². The zero-order chi connectivity index (χ0) is 6.69. The second-order valence-corrected chi connectivity index (χ2v) is 2.55. The van der Waals surface area contributed by atoms with Crippen molar-refractivity contribution in [1.82, 2.24) is 0 Å². The number of ether oxygens (including phenoxy) is 1. The van der Waals surface area contributed by atoms with E-state index in [9.17, 15) is 4.39 Å². The Bertz CT molecular complexity index is 85.0.